The van der Waals surface area contributed by atoms with E-state index in [1.165, 1.54) is 6.42 Å². The van der Waals surface area contributed by atoms with Gasteiger partial charge < -0.3 is 9.57 Å². The van der Waals surface area contributed by atoms with Crippen LogP contribution in [0.3, 0.4) is 0 Å². The fraction of sp³-hybridized carbons (Fsp3) is 0.391. The molecule has 0 atom stereocenters. The zero-order chi connectivity index (χ0) is 19.6. The smallest absolute Gasteiger partial charge is 0.306 e. The molecule has 0 spiro atoms. The van der Waals surface area contributed by atoms with Crippen molar-refractivity contribution in [3.63, 3.8) is 0 Å². The number of benzene rings is 2. The van der Waals surface area contributed by atoms with Gasteiger partial charge in [0.1, 0.15) is 12.7 Å². The number of hydrogen-bond donors (Lipinski definition) is 0. The summed E-state index contributed by atoms with van der Waals surface area (Å²) in [5.74, 6) is -0.170. The van der Waals surface area contributed by atoms with Crippen molar-refractivity contribution >= 4 is 23.3 Å². The van der Waals surface area contributed by atoms with Crippen molar-refractivity contribution in [2.75, 3.05) is 0 Å². The molecule has 0 unspecified atom stereocenters. The zero-order valence-corrected chi connectivity index (χ0v) is 16.7. The summed E-state index contributed by atoms with van der Waals surface area (Å²) in [4.78, 5) is 17.8. The number of hydrogen-bond acceptors (Lipinski definition) is 4. The van der Waals surface area contributed by atoms with Crippen LogP contribution in [0.25, 0.3) is 0 Å². The molecule has 0 bridgehead atoms. The summed E-state index contributed by atoms with van der Waals surface area (Å²) in [6, 6.07) is 17.3. The van der Waals surface area contributed by atoms with Crippen molar-refractivity contribution < 1.29 is 14.4 Å². The predicted molar refractivity (Wildman–Crippen MR) is 111 cm³/mol. The molecule has 28 heavy (non-hydrogen) atoms. The highest BCUT2D eigenvalue weighted by atomic mass is 35.5. The second kappa shape index (κ2) is 10.9. The Bertz CT molecular complexity index is 768. The van der Waals surface area contributed by atoms with Crippen LogP contribution in [0.5, 0.6) is 0 Å². The van der Waals surface area contributed by atoms with E-state index in [0.717, 1.165) is 36.8 Å². The monoisotopic (exact) mass is 399 g/mol. The summed E-state index contributed by atoms with van der Waals surface area (Å²) in [7, 11) is 0. The minimum atomic E-state index is -0.170. The van der Waals surface area contributed by atoms with E-state index in [1.54, 1.807) is 0 Å². The molecule has 0 radical (unpaired) electrons. The molecule has 0 saturated heterocycles. The summed E-state index contributed by atoms with van der Waals surface area (Å²) in [6.45, 7) is 0.379. The molecular formula is C23H26ClNO3. The zero-order valence-electron chi connectivity index (χ0n) is 16.0. The maximum absolute atomic E-state index is 12.3. The minimum Gasteiger partial charge on any atom is -0.462 e. The van der Waals surface area contributed by atoms with Crippen molar-refractivity contribution in [1.29, 1.82) is 0 Å². The highest BCUT2D eigenvalue weighted by Crippen LogP contribution is 2.21. The first kappa shape index (κ1) is 20.4. The first-order valence-corrected chi connectivity index (χ1v) is 10.3. The van der Waals surface area contributed by atoms with Crippen molar-refractivity contribution in [1.82, 2.24) is 0 Å². The van der Waals surface area contributed by atoms with E-state index in [1.807, 2.05) is 54.6 Å². The quantitative estimate of drug-likeness (QED) is 0.314. The van der Waals surface area contributed by atoms with Crippen LogP contribution in [0.15, 0.2) is 59.8 Å². The molecule has 4 nitrogen and oxygen atoms in total. The second-order valence-corrected chi connectivity index (χ2v) is 7.49. The molecule has 1 aliphatic rings. The van der Waals surface area contributed by atoms with Crippen LogP contribution in [0.4, 0.5) is 0 Å². The van der Waals surface area contributed by atoms with Gasteiger partial charge in [-0.3, -0.25) is 4.79 Å². The maximum Gasteiger partial charge on any atom is 0.306 e. The molecule has 0 heterocycles. The van der Waals surface area contributed by atoms with Gasteiger partial charge in [-0.05, 0) is 48.9 Å². The molecule has 5 heteroatoms. The SMILES string of the molecule is O=C(CC/C(=N\OCc1ccccc1)c1ccc(Cl)cc1)OC1CCCCC1. The number of ether oxygens (including phenoxy) is 1. The van der Waals surface area contributed by atoms with Gasteiger partial charge in [-0.25, -0.2) is 0 Å². The normalized spacial score (nSPS) is 15.2. The molecule has 0 aliphatic heterocycles. The van der Waals surface area contributed by atoms with Gasteiger partial charge in [0, 0.05) is 11.4 Å². The highest BCUT2D eigenvalue weighted by molar-refractivity contribution is 6.30. The summed E-state index contributed by atoms with van der Waals surface area (Å²) < 4.78 is 5.61. The van der Waals surface area contributed by atoms with Gasteiger partial charge in [0.15, 0.2) is 0 Å². The fourth-order valence-electron chi connectivity index (χ4n) is 3.29. The number of halogens is 1. The second-order valence-electron chi connectivity index (χ2n) is 7.05. The van der Waals surface area contributed by atoms with Crippen LogP contribution >= 0.6 is 11.6 Å². The number of carbonyl (C=O) groups is 1. The van der Waals surface area contributed by atoms with Gasteiger partial charge in [0.05, 0.1) is 12.1 Å². The average Bonchev–Trinajstić information content (AvgIpc) is 2.73. The first-order chi connectivity index (χ1) is 13.7. The van der Waals surface area contributed by atoms with E-state index in [-0.39, 0.29) is 18.5 Å². The topological polar surface area (TPSA) is 47.9 Å². The summed E-state index contributed by atoms with van der Waals surface area (Å²) >= 11 is 5.99. The molecule has 0 aromatic heterocycles. The number of carbonyl (C=O) groups excluding carboxylic acids is 1. The Morgan fingerprint density at radius 3 is 2.39 bits per heavy atom. The van der Waals surface area contributed by atoms with Crippen LogP contribution in [-0.2, 0) is 21.0 Å². The molecule has 3 rings (SSSR count). The van der Waals surface area contributed by atoms with Crippen LogP contribution in [0, 0.1) is 0 Å². The molecule has 2 aromatic carbocycles. The number of esters is 1. The van der Waals surface area contributed by atoms with Crippen LogP contribution < -0.4 is 0 Å². The average molecular weight is 400 g/mol. The predicted octanol–water partition coefficient (Wildman–Crippen LogP) is 5.92. The Labute approximate surface area is 171 Å². The lowest BCUT2D eigenvalue weighted by Gasteiger charge is -2.21. The van der Waals surface area contributed by atoms with Gasteiger partial charge in [-0.2, -0.15) is 0 Å². The largest absolute Gasteiger partial charge is 0.462 e. The van der Waals surface area contributed by atoms with Crippen molar-refractivity contribution in [3.05, 3.63) is 70.7 Å². The fourth-order valence-corrected chi connectivity index (χ4v) is 3.42. The lowest BCUT2D eigenvalue weighted by Crippen LogP contribution is -2.21. The van der Waals surface area contributed by atoms with Gasteiger partial charge in [0.2, 0.25) is 0 Å². The highest BCUT2D eigenvalue weighted by Gasteiger charge is 2.18. The van der Waals surface area contributed by atoms with E-state index < -0.39 is 0 Å². The third-order valence-electron chi connectivity index (χ3n) is 4.84. The van der Waals surface area contributed by atoms with E-state index in [4.69, 9.17) is 21.2 Å². The summed E-state index contributed by atoms with van der Waals surface area (Å²) in [5.41, 5.74) is 2.65. The first-order valence-electron chi connectivity index (χ1n) is 9.89. The Kier molecular flexibility index (Phi) is 7.92. The molecule has 1 aliphatic carbocycles. The van der Waals surface area contributed by atoms with Crippen LogP contribution in [0.2, 0.25) is 5.02 Å². The molecule has 0 amide bonds. The third-order valence-corrected chi connectivity index (χ3v) is 5.09. The Balaban J connectivity index is 1.59. The van der Waals surface area contributed by atoms with E-state index in [0.29, 0.717) is 23.8 Å². The van der Waals surface area contributed by atoms with E-state index >= 15 is 0 Å². The molecule has 0 N–H and O–H groups in total. The van der Waals surface area contributed by atoms with Crippen LogP contribution in [-0.4, -0.2) is 17.8 Å². The standard InChI is InChI=1S/C23H26ClNO3/c24-20-13-11-19(12-14-20)22(25-27-17-18-7-3-1-4-8-18)15-16-23(26)28-21-9-5-2-6-10-21/h1,3-4,7-8,11-14,21H,2,5-6,9-10,15-17H2/b25-22+. The number of oxime groups is 1. The van der Waals surface area contributed by atoms with Crippen molar-refractivity contribution in [3.8, 4) is 0 Å². The van der Waals surface area contributed by atoms with Gasteiger partial charge >= 0.3 is 5.97 Å². The molecular weight excluding hydrogens is 374 g/mol. The summed E-state index contributed by atoms with van der Waals surface area (Å²) in [5, 5.41) is 4.96. The van der Waals surface area contributed by atoms with Gasteiger partial charge in [-0.15, -0.1) is 0 Å². The Morgan fingerprint density at radius 2 is 1.68 bits per heavy atom. The Hall–Kier alpha value is -2.33. The lowest BCUT2D eigenvalue weighted by molar-refractivity contribution is -0.150. The Morgan fingerprint density at radius 1 is 0.964 bits per heavy atom. The third kappa shape index (κ3) is 6.68. The molecule has 1 saturated carbocycles. The van der Waals surface area contributed by atoms with Gasteiger partial charge in [-0.1, -0.05) is 65.6 Å². The van der Waals surface area contributed by atoms with Crippen molar-refractivity contribution in [2.45, 2.75) is 57.7 Å². The summed E-state index contributed by atoms with van der Waals surface area (Å²) in [6.07, 6.45) is 6.29. The maximum atomic E-state index is 12.3. The van der Waals surface area contributed by atoms with E-state index in [2.05, 4.69) is 5.16 Å². The number of rotatable bonds is 8. The lowest BCUT2D eigenvalue weighted by atomic mass is 9.98. The molecule has 1 fully saturated rings. The molecule has 2 aromatic rings. The minimum absolute atomic E-state index is 0.0755. The number of nitrogens with zero attached hydrogens (tertiary/aromatic N) is 1. The van der Waals surface area contributed by atoms with Gasteiger partial charge in [0.25, 0.3) is 0 Å². The van der Waals surface area contributed by atoms with E-state index in [9.17, 15) is 4.79 Å². The van der Waals surface area contributed by atoms with Crippen molar-refractivity contribution in [2.24, 2.45) is 5.16 Å². The molecule has 148 valence electrons. The van der Waals surface area contributed by atoms with Crippen LogP contribution in [0.1, 0.15) is 56.1 Å².